The van der Waals surface area contributed by atoms with E-state index in [4.69, 9.17) is 16.3 Å². The Morgan fingerprint density at radius 1 is 0.895 bits per heavy atom. The van der Waals surface area contributed by atoms with E-state index in [2.05, 4.69) is 5.32 Å². The van der Waals surface area contributed by atoms with Crippen molar-refractivity contribution < 1.29 is 4.74 Å². The summed E-state index contributed by atoms with van der Waals surface area (Å²) in [4.78, 5) is 0. The molecule has 0 heterocycles. The molecule has 0 aromatic heterocycles. The van der Waals surface area contributed by atoms with E-state index in [1.807, 2.05) is 54.6 Å². The van der Waals surface area contributed by atoms with Crippen LogP contribution in [0.25, 0.3) is 0 Å². The molecule has 0 radical (unpaired) electrons. The number of anilines is 1. The highest BCUT2D eigenvalue weighted by molar-refractivity contribution is 6.33. The Hall–Kier alpha value is -1.67. The Bertz CT molecular complexity index is 487. The van der Waals surface area contributed by atoms with Gasteiger partial charge in [0.05, 0.1) is 17.3 Å². The van der Waals surface area contributed by atoms with E-state index < -0.39 is 0 Å². The van der Waals surface area contributed by atoms with Gasteiger partial charge in [-0.1, -0.05) is 41.9 Å². The van der Waals surface area contributed by atoms with Crippen LogP contribution in [0.1, 0.15) is 12.8 Å². The molecular formula is C16H18ClNO. The second-order valence-corrected chi connectivity index (χ2v) is 4.68. The van der Waals surface area contributed by atoms with E-state index in [0.717, 1.165) is 42.5 Å². The molecule has 0 amide bonds. The zero-order chi connectivity index (χ0) is 13.3. The van der Waals surface area contributed by atoms with Crippen molar-refractivity contribution in [2.24, 2.45) is 0 Å². The number of para-hydroxylation sites is 2. The number of hydrogen-bond acceptors (Lipinski definition) is 2. The van der Waals surface area contributed by atoms with Crippen LogP contribution in [-0.4, -0.2) is 13.2 Å². The molecule has 0 aliphatic carbocycles. The predicted octanol–water partition coefficient (Wildman–Crippen LogP) is 4.61. The molecule has 0 aliphatic heterocycles. The topological polar surface area (TPSA) is 21.3 Å². The minimum absolute atomic E-state index is 0.744. The van der Waals surface area contributed by atoms with Crippen LogP contribution in [0.2, 0.25) is 5.02 Å². The molecule has 0 atom stereocenters. The van der Waals surface area contributed by atoms with E-state index >= 15 is 0 Å². The molecule has 3 heteroatoms. The van der Waals surface area contributed by atoms with Gasteiger partial charge in [-0.05, 0) is 37.1 Å². The molecule has 2 aromatic rings. The number of ether oxygens (including phenoxy) is 1. The first kappa shape index (κ1) is 13.8. The van der Waals surface area contributed by atoms with Crippen LogP contribution in [0.5, 0.6) is 5.75 Å². The quantitative estimate of drug-likeness (QED) is 0.745. The summed E-state index contributed by atoms with van der Waals surface area (Å²) in [6, 6.07) is 17.7. The number of hydrogen-bond donors (Lipinski definition) is 1. The van der Waals surface area contributed by atoms with Crippen molar-refractivity contribution in [1.82, 2.24) is 0 Å². The lowest BCUT2D eigenvalue weighted by atomic mass is 10.3. The smallest absolute Gasteiger partial charge is 0.119 e. The van der Waals surface area contributed by atoms with Gasteiger partial charge in [-0.15, -0.1) is 0 Å². The van der Waals surface area contributed by atoms with Gasteiger partial charge in [0.15, 0.2) is 0 Å². The van der Waals surface area contributed by atoms with Gasteiger partial charge in [-0.25, -0.2) is 0 Å². The summed E-state index contributed by atoms with van der Waals surface area (Å²) in [6.45, 7) is 1.65. The Balaban J connectivity index is 1.59. The normalized spacial score (nSPS) is 10.2. The third-order valence-electron chi connectivity index (χ3n) is 2.77. The average molecular weight is 276 g/mol. The lowest BCUT2D eigenvalue weighted by Crippen LogP contribution is -2.05. The molecule has 1 N–H and O–H groups in total. The SMILES string of the molecule is Clc1ccccc1NCCCCOc1ccccc1. The Labute approximate surface area is 119 Å². The molecule has 19 heavy (non-hydrogen) atoms. The Kier molecular flexibility index (Phi) is 5.57. The molecule has 0 bridgehead atoms. The summed E-state index contributed by atoms with van der Waals surface area (Å²) in [6.07, 6.45) is 2.07. The molecule has 0 unspecified atom stereocenters. The highest BCUT2D eigenvalue weighted by atomic mass is 35.5. The lowest BCUT2D eigenvalue weighted by molar-refractivity contribution is 0.308. The molecule has 0 fully saturated rings. The van der Waals surface area contributed by atoms with Crippen LogP contribution in [0, 0.1) is 0 Å². The van der Waals surface area contributed by atoms with Crippen LogP contribution in [0.4, 0.5) is 5.69 Å². The molecule has 0 aliphatic rings. The van der Waals surface area contributed by atoms with Crippen LogP contribution in [0.3, 0.4) is 0 Å². The van der Waals surface area contributed by atoms with E-state index in [9.17, 15) is 0 Å². The van der Waals surface area contributed by atoms with Crippen LogP contribution in [-0.2, 0) is 0 Å². The fraction of sp³-hybridized carbons (Fsp3) is 0.250. The highest BCUT2D eigenvalue weighted by Crippen LogP contribution is 2.20. The standard InChI is InChI=1S/C16H18ClNO/c17-15-10-4-5-11-16(15)18-12-6-7-13-19-14-8-2-1-3-9-14/h1-5,8-11,18H,6-7,12-13H2. The lowest BCUT2D eigenvalue weighted by Gasteiger charge is -2.08. The first-order valence-electron chi connectivity index (χ1n) is 6.52. The molecule has 0 saturated carbocycles. The number of rotatable bonds is 7. The summed E-state index contributed by atoms with van der Waals surface area (Å²) in [5.41, 5.74) is 0.994. The molecule has 2 rings (SSSR count). The van der Waals surface area contributed by atoms with E-state index in [1.165, 1.54) is 0 Å². The molecule has 100 valence electrons. The first-order valence-corrected chi connectivity index (χ1v) is 6.90. The van der Waals surface area contributed by atoms with E-state index in [1.54, 1.807) is 0 Å². The van der Waals surface area contributed by atoms with Crippen molar-refractivity contribution in [3.05, 3.63) is 59.6 Å². The van der Waals surface area contributed by atoms with Crippen molar-refractivity contribution in [2.75, 3.05) is 18.5 Å². The van der Waals surface area contributed by atoms with Crippen molar-refractivity contribution in [1.29, 1.82) is 0 Å². The zero-order valence-corrected chi connectivity index (χ0v) is 11.6. The largest absolute Gasteiger partial charge is 0.494 e. The average Bonchev–Trinajstić information content (AvgIpc) is 2.45. The third-order valence-corrected chi connectivity index (χ3v) is 3.10. The van der Waals surface area contributed by atoms with Gasteiger partial charge in [0.1, 0.15) is 5.75 Å². The monoisotopic (exact) mass is 275 g/mol. The van der Waals surface area contributed by atoms with Crippen molar-refractivity contribution in [2.45, 2.75) is 12.8 Å². The van der Waals surface area contributed by atoms with Gasteiger partial charge < -0.3 is 10.1 Å². The van der Waals surface area contributed by atoms with Crippen LogP contribution < -0.4 is 10.1 Å². The number of unbranched alkanes of at least 4 members (excludes halogenated alkanes) is 1. The van der Waals surface area contributed by atoms with Gasteiger partial charge in [0.25, 0.3) is 0 Å². The third kappa shape index (κ3) is 4.84. The van der Waals surface area contributed by atoms with E-state index in [-0.39, 0.29) is 0 Å². The molecule has 0 spiro atoms. The Morgan fingerprint density at radius 2 is 1.63 bits per heavy atom. The fourth-order valence-corrected chi connectivity index (χ4v) is 1.96. The minimum atomic E-state index is 0.744. The van der Waals surface area contributed by atoms with Gasteiger partial charge in [-0.3, -0.25) is 0 Å². The molecule has 2 aromatic carbocycles. The van der Waals surface area contributed by atoms with Crippen molar-refractivity contribution >= 4 is 17.3 Å². The summed E-state index contributed by atoms with van der Waals surface area (Å²) >= 11 is 6.06. The maximum Gasteiger partial charge on any atom is 0.119 e. The summed E-state index contributed by atoms with van der Waals surface area (Å²) in [5.74, 6) is 0.932. The molecular weight excluding hydrogens is 258 g/mol. The molecule has 2 nitrogen and oxygen atoms in total. The van der Waals surface area contributed by atoms with Gasteiger partial charge in [0.2, 0.25) is 0 Å². The number of nitrogens with one attached hydrogen (secondary N) is 1. The van der Waals surface area contributed by atoms with Crippen molar-refractivity contribution in [3.8, 4) is 5.75 Å². The number of halogens is 1. The maximum atomic E-state index is 6.06. The zero-order valence-electron chi connectivity index (χ0n) is 10.8. The predicted molar refractivity (Wildman–Crippen MR) is 81.1 cm³/mol. The number of benzene rings is 2. The van der Waals surface area contributed by atoms with Crippen molar-refractivity contribution in [3.63, 3.8) is 0 Å². The Morgan fingerprint density at radius 3 is 2.42 bits per heavy atom. The summed E-state index contributed by atoms with van der Waals surface area (Å²) in [7, 11) is 0. The second kappa shape index (κ2) is 7.70. The van der Waals surface area contributed by atoms with Gasteiger partial charge in [0, 0.05) is 6.54 Å². The van der Waals surface area contributed by atoms with Crippen LogP contribution >= 0.6 is 11.6 Å². The maximum absolute atomic E-state index is 6.06. The summed E-state index contributed by atoms with van der Waals surface area (Å²) in [5, 5.41) is 4.09. The fourth-order valence-electron chi connectivity index (χ4n) is 1.76. The highest BCUT2D eigenvalue weighted by Gasteiger charge is 1.97. The van der Waals surface area contributed by atoms with Gasteiger partial charge >= 0.3 is 0 Å². The molecule has 0 saturated heterocycles. The summed E-state index contributed by atoms with van der Waals surface area (Å²) < 4.78 is 5.63. The second-order valence-electron chi connectivity index (χ2n) is 4.28. The van der Waals surface area contributed by atoms with Crippen LogP contribution in [0.15, 0.2) is 54.6 Å². The minimum Gasteiger partial charge on any atom is -0.494 e. The van der Waals surface area contributed by atoms with Gasteiger partial charge in [-0.2, -0.15) is 0 Å². The van der Waals surface area contributed by atoms with E-state index in [0.29, 0.717) is 0 Å². The first-order chi connectivity index (χ1) is 9.36.